The summed E-state index contributed by atoms with van der Waals surface area (Å²) in [6.07, 6.45) is 2.06. The number of methoxy groups -OCH3 is 1. The van der Waals surface area contributed by atoms with E-state index < -0.39 is 0 Å². The molecule has 0 saturated carbocycles. The van der Waals surface area contributed by atoms with Crippen molar-refractivity contribution in [3.05, 3.63) is 90.1 Å². The van der Waals surface area contributed by atoms with Gasteiger partial charge in [-0.2, -0.15) is 0 Å². The zero-order valence-electron chi connectivity index (χ0n) is 20.3. The van der Waals surface area contributed by atoms with E-state index in [4.69, 9.17) is 9.47 Å². The smallest absolute Gasteiger partial charge is 0.337 e. The van der Waals surface area contributed by atoms with Gasteiger partial charge in [0.1, 0.15) is 6.61 Å². The Balaban J connectivity index is 1.47. The van der Waals surface area contributed by atoms with E-state index in [0.29, 0.717) is 24.6 Å². The number of carbonyl (C=O) groups excluding carboxylic acids is 2. The van der Waals surface area contributed by atoms with Gasteiger partial charge in [0.25, 0.3) is 0 Å². The van der Waals surface area contributed by atoms with Gasteiger partial charge in [0.2, 0.25) is 5.91 Å². The third kappa shape index (κ3) is 5.61. The van der Waals surface area contributed by atoms with Crippen molar-refractivity contribution < 1.29 is 19.1 Å². The number of para-hydroxylation sites is 1. The molecule has 0 aliphatic carbocycles. The Bertz CT molecular complexity index is 1330. The minimum absolute atomic E-state index is 0.0371. The van der Waals surface area contributed by atoms with Crippen molar-refractivity contribution in [1.29, 1.82) is 0 Å². The molecule has 0 aliphatic heterocycles. The largest absolute Gasteiger partial charge is 0.465 e. The lowest BCUT2D eigenvalue weighted by molar-refractivity contribution is -0.120. The highest BCUT2D eigenvalue weighted by molar-refractivity contribution is 6.00. The molecule has 0 aliphatic rings. The number of esters is 1. The van der Waals surface area contributed by atoms with Gasteiger partial charge in [-0.25, -0.2) is 4.79 Å². The van der Waals surface area contributed by atoms with Crippen molar-refractivity contribution in [3.8, 4) is 11.1 Å². The normalized spacial score (nSPS) is 11.1. The second-order valence-electron chi connectivity index (χ2n) is 8.67. The summed E-state index contributed by atoms with van der Waals surface area (Å²) >= 11 is 0. The highest BCUT2D eigenvalue weighted by Crippen LogP contribution is 2.31. The van der Waals surface area contributed by atoms with E-state index in [9.17, 15) is 9.59 Å². The number of carbonyl (C=O) groups is 2. The fraction of sp³-hybridized carbons (Fsp3) is 0.241. The molecule has 1 aromatic heterocycles. The maximum absolute atomic E-state index is 12.5. The molecule has 1 amide bonds. The minimum Gasteiger partial charge on any atom is -0.465 e. The molecule has 4 rings (SSSR count). The summed E-state index contributed by atoms with van der Waals surface area (Å²) in [6, 6.07) is 23.5. The van der Waals surface area contributed by atoms with E-state index in [1.54, 1.807) is 6.07 Å². The fourth-order valence-electron chi connectivity index (χ4n) is 4.20. The topological polar surface area (TPSA) is 69.6 Å². The van der Waals surface area contributed by atoms with Gasteiger partial charge in [0.05, 0.1) is 19.3 Å². The molecule has 6 heteroatoms. The summed E-state index contributed by atoms with van der Waals surface area (Å²) in [5.74, 6) is -0.257. The SMILES string of the molecule is COC(=O)c1ccc2c(-c3ccccc3)cn(CCOCC(=O)Nc3ccccc3C(C)C)c2c1. The quantitative estimate of drug-likeness (QED) is 0.245. The third-order valence-electron chi connectivity index (χ3n) is 5.95. The summed E-state index contributed by atoms with van der Waals surface area (Å²) in [4.78, 5) is 24.6. The maximum Gasteiger partial charge on any atom is 0.337 e. The zero-order valence-corrected chi connectivity index (χ0v) is 20.3. The number of aromatic nitrogens is 1. The van der Waals surface area contributed by atoms with Gasteiger partial charge in [-0.3, -0.25) is 4.79 Å². The molecule has 0 spiro atoms. The average molecular weight is 471 g/mol. The number of nitrogens with one attached hydrogen (secondary N) is 1. The molecule has 6 nitrogen and oxygen atoms in total. The van der Waals surface area contributed by atoms with Crippen LogP contribution >= 0.6 is 0 Å². The third-order valence-corrected chi connectivity index (χ3v) is 5.95. The van der Waals surface area contributed by atoms with Gasteiger partial charge in [0, 0.05) is 34.9 Å². The molecule has 4 aromatic rings. The molecule has 0 fully saturated rings. The first-order valence-corrected chi connectivity index (χ1v) is 11.7. The Labute approximate surface area is 205 Å². The lowest BCUT2D eigenvalue weighted by Gasteiger charge is -2.14. The molecule has 0 saturated heterocycles. The van der Waals surface area contributed by atoms with Gasteiger partial charge >= 0.3 is 5.97 Å². The van der Waals surface area contributed by atoms with Crippen LogP contribution in [0.4, 0.5) is 5.69 Å². The number of nitrogens with zero attached hydrogens (tertiary/aromatic N) is 1. The van der Waals surface area contributed by atoms with Crippen LogP contribution in [-0.2, 0) is 20.8 Å². The molecule has 0 atom stereocenters. The number of ether oxygens (including phenoxy) is 2. The fourth-order valence-corrected chi connectivity index (χ4v) is 4.20. The van der Waals surface area contributed by atoms with Crippen LogP contribution in [0.5, 0.6) is 0 Å². The van der Waals surface area contributed by atoms with Crippen LogP contribution < -0.4 is 5.32 Å². The second kappa shape index (κ2) is 11.0. The molecule has 1 heterocycles. The second-order valence-corrected chi connectivity index (χ2v) is 8.67. The Kier molecular flexibility index (Phi) is 7.63. The van der Waals surface area contributed by atoms with Crippen LogP contribution in [0, 0.1) is 0 Å². The monoisotopic (exact) mass is 470 g/mol. The van der Waals surface area contributed by atoms with Gasteiger partial charge in [-0.15, -0.1) is 0 Å². The number of amides is 1. The molecule has 0 unspecified atom stereocenters. The van der Waals surface area contributed by atoms with Crippen LogP contribution in [0.15, 0.2) is 79.0 Å². The van der Waals surface area contributed by atoms with Crippen molar-refractivity contribution in [2.45, 2.75) is 26.3 Å². The van der Waals surface area contributed by atoms with Gasteiger partial charge in [-0.05, 0) is 35.2 Å². The first-order chi connectivity index (χ1) is 17.0. The molecule has 35 heavy (non-hydrogen) atoms. The average Bonchev–Trinajstić information content (AvgIpc) is 3.24. The van der Waals surface area contributed by atoms with E-state index in [2.05, 4.69) is 42.1 Å². The van der Waals surface area contributed by atoms with E-state index in [1.165, 1.54) is 7.11 Å². The van der Waals surface area contributed by atoms with Crippen LogP contribution in [0.1, 0.15) is 35.7 Å². The van der Waals surface area contributed by atoms with E-state index in [1.807, 2.05) is 54.6 Å². The van der Waals surface area contributed by atoms with Crippen molar-refractivity contribution in [2.24, 2.45) is 0 Å². The predicted molar refractivity (Wildman–Crippen MR) is 139 cm³/mol. The van der Waals surface area contributed by atoms with Gasteiger partial charge in [-0.1, -0.05) is 68.4 Å². The summed E-state index contributed by atoms with van der Waals surface area (Å²) < 4.78 is 12.7. The molecule has 180 valence electrons. The number of benzene rings is 3. The molecule has 0 radical (unpaired) electrons. The molecule has 1 N–H and O–H groups in total. The number of rotatable bonds is 9. The van der Waals surface area contributed by atoms with E-state index >= 15 is 0 Å². The summed E-state index contributed by atoms with van der Waals surface area (Å²) in [6.45, 7) is 5.03. The van der Waals surface area contributed by atoms with Crippen molar-refractivity contribution >= 4 is 28.5 Å². The van der Waals surface area contributed by atoms with Crippen LogP contribution in [-0.4, -0.2) is 36.8 Å². The number of hydrogen-bond donors (Lipinski definition) is 1. The summed E-state index contributed by atoms with van der Waals surface area (Å²) in [5, 5.41) is 3.98. The van der Waals surface area contributed by atoms with Gasteiger partial charge < -0.3 is 19.4 Å². The Morgan fingerprint density at radius 1 is 0.971 bits per heavy atom. The Morgan fingerprint density at radius 3 is 2.46 bits per heavy atom. The lowest BCUT2D eigenvalue weighted by Crippen LogP contribution is -2.20. The number of anilines is 1. The minimum atomic E-state index is -0.379. The Morgan fingerprint density at radius 2 is 1.71 bits per heavy atom. The predicted octanol–water partition coefficient (Wildman–Crippen LogP) is 5.87. The zero-order chi connectivity index (χ0) is 24.8. The first kappa shape index (κ1) is 24.2. The molecule has 0 bridgehead atoms. The number of fused-ring (bicyclic) bond motifs is 1. The molecular weight excluding hydrogens is 440 g/mol. The van der Waals surface area contributed by atoms with Crippen molar-refractivity contribution in [3.63, 3.8) is 0 Å². The first-order valence-electron chi connectivity index (χ1n) is 11.7. The van der Waals surface area contributed by atoms with Crippen molar-refractivity contribution in [1.82, 2.24) is 4.57 Å². The standard InChI is InChI=1S/C29H30N2O4/c1-20(2)23-11-7-8-12-26(23)30-28(32)19-35-16-15-31-18-25(21-9-5-4-6-10-21)24-14-13-22(17-27(24)31)29(33)34-3/h4-14,17-18,20H,15-16,19H2,1-3H3,(H,30,32). The molecular formula is C29H30N2O4. The summed E-state index contributed by atoms with van der Waals surface area (Å²) in [5.41, 5.74) is 5.46. The van der Waals surface area contributed by atoms with Gasteiger partial charge in [0.15, 0.2) is 0 Å². The van der Waals surface area contributed by atoms with Crippen LogP contribution in [0.3, 0.4) is 0 Å². The number of hydrogen-bond acceptors (Lipinski definition) is 4. The molecule has 3 aromatic carbocycles. The van der Waals surface area contributed by atoms with Crippen LogP contribution in [0.2, 0.25) is 0 Å². The highest BCUT2D eigenvalue weighted by Gasteiger charge is 2.14. The lowest BCUT2D eigenvalue weighted by atomic mass is 10.0. The van der Waals surface area contributed by atoms with Crippen molar-refractivity contribution in [2.75, 3.05) is 25.6 Å². The van der Waals surface area contributed by atoms with E-state index in [0.717, 1.165) is 33.3 Å². The van der Waals surface area contributed by atoms with E-state index in [-0.39, 0.29) is 18.5 Å². The highest BCUT2D eigenvalue weighted by atomic mass is 16.5. The summed E-state index contributed by atoms with van der Waals surface area (Å²) in [7, 11) is 1.37. The Hall–Kier alpha value is -3.90. The maximum atomic E-state index is 12.5. The van der Waals surface area contributed by atoms with Crippen LogP contribution in [0.25, 0.3) is 22.0 Å².